The zero-order valence-corrected chi connectivity index (χ0v) is 16.6. The summed E-state index contributed by atoms with van der Waals surface area (Å²) in [7, 11) is 1.46. The minimum Gasteiger partial charge on any atom is -0.496 e. The van der Waals surface area contributed by atoms with Crippen LogP contribution in [0.2, 0.25) is 0 Å². The number of hydrogen-bond acceptors (Lipinski definition) is 5. The summed E-state index contributed by atoms with van der Waals surface area (Å²) < 4.78 is 44.9. The van der Waals surface area contributed by atoms with Gasteiger partial charge in [0, 0.05) is 24.7 Å². The number of guanidine groups is 1. The normalized spacial score (nSPS) is 20.5. The van der Waals surface area contributed by atoms with E-state index in [0.29, 0.717) is 36.5 Å². The third-order valence-corrected chi connectivity index (χ3v) is 5.02. The van der Waals surface area contributed by atoms with E-state index in [1.807, 2.05) is 0 Å². The SMILES string of the molecule is COc1ccc(F)cc1C1=CC(=O)NC(S)N1CCCNC(=N)N1CC(F)(F)C1. The van der Waals surface area contributed by atoms with Crippen LogP contribution in [0.1, 0.15) is 12.0 Å². The van der Waals surface area contributed by atoms with Crippen LogP contribution in [0.3, 0.4) is 0 Å². The molecule has 1 saturated heterocycles. The van der Waals surface area contributed by atoms with Gasteiger partial charge in [-0.3, -0.25) is 10.2 Å². The monoisotopic (exact) mass is 429 g/mol. The molecule has 0 bridgehead atoms. The smallest absolute Gasteiger partial charge is 0.282 e. The lowest BCUT2D eigenvalue weighted by atomic mass is 10.1. The Kier molecular flexibility index (Phi) is 6.15. The van der Waals surface area contributed by atoms with E-state index in [0.717, 1.165) is 0 Å². The maximum atomic E-state index is 13.8. The number of hydrogen-bond donors (Lipinski definition) is 4. The second-order valence-electron chi connectivity index (χ2n) is 6.79. The van der Waals surface area contributed by atoms with Crippen molar-refractivity contribution in [3.05, 3.63) is 35.7 Å². The molecule has 3 N–H and O–H groups in total. The van der Waals surface area contributed by atoms with Gasteiger partial charge in [-0.15, -0.1) is 12.6 Å². The fraction of sp³-hybridized carbons (Fsp3) is 0.444. The van der Waals surface area contributed by atoms with Gasteiger partial charge in [0.25, 0.3) is 5.92 Å². The molecular weight excluding hydrogens is 407 g/mol. The molecule has 29 heavy (non-hydrogen) atoms. The number of ether oxygens (including phenoxy) is 1. The molecule has 0 aromatic heterocycles. The van der Waals surface area contributed by atoms with Crippen molar-refractivity contribution in [1.29, 1.82) is 5.41 Å². The largest absolute Gasteiger partial charge is 0.496 e. The second kappa shape index (κ2) is 8.44. The van der Waals surface area contributed by atoms with E-state index in [-0.39, 0.29) is 11.9 Å². The quantitative estimate of drug-likeness (QED) is 0.240. The number of nitrogens with one attached hydrogen (secondary N) is 3. The maximum Gasteiger partial charge on any atom is 0.282 e. The molecule has 1 fully saturated rings. The number of benzene rings is 1. The van der Waals surface area contributed by atoms with Gasteiger partial charge in [0.1, 0.15) is 17.1 Å². The van der Waals surface area contributed by atoms with E-state index in [4.69, 9.17) is 10.1 Å². The van der Waals surface area contributed by atoms with Crippen LogP contribution in [-0.2, 0) is 4.79 Å². The molecule has 3 rings (SSSR count). The van der Waals surface area contributed by atoms with Gasteiger partial charge >= 0.3 is 0 Å². The van der Waals surface area contributed by atoms with Crippen LogP contribution in [0.25, 0.3) is 5.70 Å². The molecule has 11 heteroatoms. The second-order valence-corrected chi connectivity index (χ2v) is 7.28. The van der Waals surface area contributed by atoms with Gasteiger partial charge in [-0.1, -0.05) is 0 Å². The van der Waals surface area contributed by atoms with E-state index in [1.54, 1.807) is 4.90 Å². The lowest BCUT2D eigenvalue weighted by Gasteiger charge is -2.40. The van der Waals surface area contributed by atoms with E-state index >= 15 is 0 Å². The number of amides is 1. The summed E-state index contributed by atoms with van der Waals surface area (Å²) in [5, 5.41) is 13.3. The van der Waals surface area contributed by atoms with Crippen LogP contribution < -0.4 is 15.4 Å². The molecule has 0 spiro atoms. The summed E-state index contributed by atoms with van der Waals surface area (Å²) in [4.78, 5) is 15.0. The lowest BCUT2D eigenvalue weighted by Crippen LogP contribution is -2.61. The summed E-state index contributed by atoms with van der Waals surface area (Å²) >= 11 is 4.40. The van der Waals surface area contributed by atoms with Crippen LogP contribution >= 0.6 is 12.6 Å². The summed E-state index contributed by atoms with van der Waals surface area (Å²) in [5.41, 5.74) is 0.247. The van der Waals surface area contributed by atoms with E-state index in [2.05, 4.69) is 23.3 Å². The number of nitrogens with zero attached hydrogens (tertiary/aromatic N) is 2. The highest BCUT2D eigenvalue weighted by atomic mass is 32.1. The average Bonchev–Trinajstić information content (AvgIpc) is 2.63. The fourth-order valence-electron chi connectivity index (χ4n) is 3.18. The molecule has 1 aromatic rings. The summed E-state index contributed by atoms with van der Waals surface area (Å²) in [6, 6.07) is 4.04. The fourth-order valence-corrected chi connectivity index (χ4v) is 3.55. The van der Waals surface area contributed by atoms with Crippen molar-refractivity contribution in [3.8, 4) is 5.75 Å². The molecule has 0 radical (unpaired) electrons. The van der Waals surface area contributed by atoms with Crippen molar-refractivity contribution < 1.29 is 22.7 Å². The predicted molar refractivity (Wildman–Crippen MR) is 105 cm³/mol. The van der Waals surface area contributed by atoms with Crippen molar-refractivity contribution >= 4 is 30.2 Å². The topological polar surface area (TPSA) is 80.7 Å². The molecule has 7 nitrogen and oxygen atoms in total. The van der Waals surface area contributed by atoms with Crippen molar-refractivity contribution in [2.24, 2.45) is 0 Å². The highest BCUT2D eigenvalue weighted by Crippen LogP contribution is 2.32. The highest BCUT2D eigenvalue weighted by Gasteiger charge is 2.45. The first-order valence-corrected chi connectivity index (χ1v) is 9.48. The van der Waals surface area contributed by atoms with Crippen LogP contribution in [-0.4, -0.2) is 66.4 Å². The van der Waals surface area contributed by atoms with Crippen LogP contribution in [0.5, 0.6) is 5.75 Å². The summed E-state index contributed by atoms with van der Waals surface area (Å²) in [6.07, 6.45) is 1.87. The van der Waals surface area contributed by atoms with Gasteiger partial charge in [-0.05, 0) is 24.6 Å². The third kappa shape index (κ3) is 4.89. The number of likely N-dealkylation sites (tertiary alicyclic amines) is 1. The Bertz CT molecular complexity index is 828. The molecule has 0 saturated carbocycles. The molecule has 158 valence electrons. The Morgan fingerprint density at radius 1 is 1.45 bits per heavy atom. The van der Waals surface area contributed by atoms with E-state index in [9.17, 15) is 18.0 Å². The van der Waals surface area contributed by atoms with E-state index < -0.39 is 30.3 Å². The van der Waals surface area contributed by atoms with Crippen molar-refractivity contribution in [1.82, 2.24) is 20.4 Å². The number of carbonyl (C=O) groups excluding carboxylic acids is 1. The van der Waals surface area contributed by atoms with Gasteiger partial charge in [0.05, 0.1) is 25.9 Å². The number of halogens is 3. The Morgan fingerprint density at radius 2 is 2.17 bits per heavy atom. The zero-order valence-electron chi connectivity index (χ0n) is 15.7. The third-order valence-electron chi connectivity index (χ3n) is 4.61. The van der Waals surface area contributed by atoms with Gasteiger partial charge in [-0.25, -0.2) is 13.2 Å². The molecule has 2 aliphatic rings. The minimum atomic E-state index is -2.73. The standard InChI is InChI=1S/C18H22F3N5O2S/c1-28-14-4-3-11(19)7-12(14)13-8-15(27)24-17(29)26(13)6-2-5-23-16(22)25-9-18(20,21)10-25/h3-4,7-8,17,29H,2,5-6,9-10H2,1H3,(H2,22,23)(H,24,27). The first-order valence-electron chi connectivity index (χ1n) is 8.96. The average molecular weight is 429 g/mol. The van der Waals surface area contributed by atoms with Gasteiger partial charge in [-0.2, -0.15) is 0 Å². The molecule has 1 unspecified atom stereocenters. The molecule has 0 aliphatic carbocycles. The molecular formula is C18H22F3N5O2S. The Morgan fingerprint density at radius 3 is 2.83 bits per heavy atom. The molecule has 2 aliphatic heterocycles. The number of methoxy groups -OCH3 is 1. The Balaban J connectivity index is 1.64. The number of rotatable bonds is 6. The van der Waals surface area contributed by atoms with E-state index in [1.165, 1.54) is 36.3 Å². The predicted octanol–water partition coefficient (Wildman–Crippen LogP) is 1.69. The molecule has 1 amide bonds. The van der Waals surface area contributed by atoms with Crippen molar-refractivity contribution in [3.63, 3.8) is 0 Å². The summed E-state index contributed by atoms with van der Waals surface area (Å²) in [6.45, 7) is -0.139. The van der Waals surface area contributed by atoms with Crippen LogP contribution in [0.4, 0.5) is 13.2 Å². The maximum absolute atomic E-state index is 13.8. The number of alkyl halides is 2. The first kappa shape index (κ1) is 21.2. The Labute approximate surface area is 171 Å². The van der Waals surface area contributed by atoms with Crippen LogP contribution in [0, 0.1) is 11.2 Å². The first-order chi connectivity index (χ1) is 13.7. The van der Waals surface area contributed by atoms with Crippen molar-refractivity contribution in [2.75, 3.05) is 33.3 Å². The van der Waals surface area contributed by atoms with Crippen LogP contribution in [0.15, 0.2) is 24.3 Å². The minimum absolute atomic E-state index is 0.0483. The summed E-state index contributed by atoms with van der Waals surface area (Å²) in [5.74, 6) is -3.20. The molecule has 1 aromatic carbocycles. The molecule has 2 heterocycles. The van der Waals surface area contributed by atoms with Crippen molar-refractivity contribution in [2.45, 2.75) is 17.8 Å². The highest BCUT2D eigenvalue weighted by molar-refractivity contribution is 7.80. The number of thiol groups is 1. The Hall–Kier alpha value is -2.56. The van der Waals surface area contributed by atoms with Gasteiger partial charge < -0.3 is 25.2 Å². The number of carbonyl (C=O) groups is 1. The molecule has 1 atom stereocenters. The van der Waals surface area contributed by atoms with Gasteiger partial charge in [0.2, 0.25) is 5.91 Å². The lowest BCUT2D eigenvalue weighted by molar-refractivity contribution is -0.117. The zero-order chi connectivity index (χ0) is 21.2. The van der Waals surface area contributed by atoms with Gasteiger partial charge in [0.15, 0.2) is 5.96 Å².